The van der Waals surface area contributed by atoms with Crippen molar-refractivity contribution in [3.63, 3.8) is 0 Å². The third kappa shape index (κ3) is 2.95. The average molecular weight is 408 g/mol. The van der Waals surface area contributed by atoms with Crippen molar-refractivity contribution in [1.82, 2.24) is 15.0 Å². The van der Waals surface area contributed by atoms with E-state index in [0.717, 1.165) is 31.9 Å². The molecule has 7 nitrogen and oxygen atoms in total. The van der Waals surface area contributed by atoms with Gasteiger partial charge in [-0.3, -0.25) is 0 Å². The molecule has 5 rings (SSSR count). The molecule has 2 aromatic heterocycles. The molecule has 1 N–H and O–H groups in total. The van der Waals surface area contributed by atoms with Crippen molar-refractivity contribution >= 4 is 32.6 Å². The number of methoxy groups -OCH3 is 1. The van der Waals surface area contributed by atoms with Gasteiger partial charge in [-0.15, -0.1) is 11.3 Å². The number of aryl methyl sites for hydroxylation is 1. The molecule has 0 spiro atoms. The van der Waals surface area contributed by atoms with Gasteiger partial charge in [0.15, 0.2) is 11.5 Å². The molecule has 0 bridgehead atoms. The molecule has 3 heterocycles. The molecule has 0 fully saturated rings. The minimum absolute atomic E-state index is 0.108. The number of nitrogens with zero attached hydrogens (tertiary/aromatic N) is 3. The van der Waals surface area contributed by atoms with Gasteiger partial charge in [0.05, 0.1) is 36.5 Å². The summed E-state index contributed by atoms with van der Waals surface area (Å²) < 4.78 is 17.9. The zero-order valence-electron chi connectivity index (χ0n) is 15.9. The second-order valence-electron chi connectivity index (χ2n) is 6.85. The zero-order valence-corrected chi connectivity index (χ0v) is 16.7. The van der Waals surface area contributed by atoms with Crippen molar-refractivity contribution in [1.29, 1.82) is 0 Å². The van der Waals surface area contributed by atoms with E-state index >= 15 is 0 Å². The minimum Gasteiger partial charge on any atom is -0.484 e. The van der Waals surface area contributed by atoms with Crippen LogP contribution in [0.3, 0.4) is 0 Å². The second kappa shape index (κ2) is 6.82. The minimum atomic E-state index is -0.234. The van der Waals surface area contributed by atoms with E-state index in [1.807, 2.05) is 19.1 Å². The summed E-state index contributed by atoms with van der Waals surface area (Å²) >= 11 is 1.51. The number of benzene rings is 2. The van der Waals surface area contributed by atoms with Gasteiger partial charge in [-0.2, -0.15) is 0 Å². The Bertz CT molecular complexity index is 1250. The first-order valence-electron chi connectivity index (χ1n) is 9.09. The summed E-state index contributed by atoms with van der Waals surface area (Å²) in [6, 6.07) is 5.64. The van der Waals surface area contributed by atoms with Gasteiger partial charge in [0, 0.05) is 5.56 Å². The molecule has 2 aromatic carbocycles. The summed E-state index contributed by atoms with van der Waals surface area (Å²) in [4.78, 5) is 13.9. The molecule has 0 saturated carbocycles. The van der Waals surface area contributed by atoms with E-state index < -0.39 is 0 Å². The Morgan fingerprint density at radius 2 is 2.14 bits per heavy atom. The summed E-state index contributed by atoms with van der Waals surface area (Å²) in [7, 11) is 1.55. The third-order valence-electron chi connectivity index (χ3n) is 4.79. The molecule has 4 aromatic rings. The van der Waals surface area contributed by atoms with E-state index in [0.29, 0.717) is 35.0 Å². The summed E-state index contributed by atoms with van der Waals surface area (Å²) in [5, 5.41) is 10.5. The highest BCUT2D eigenvalue weighted by Gasteiger charge is 2.24. The summed E-state index contributed by atoms with van der Waals surface area (Å²) in [6.45, 7) is 6.20. The van der Waals surface area contributed by atoms with Crippen molar-refractivity contribution in [3.05, 3.63) is 42.4 Å². The van der Waals surface area contributed by atoms with Crippen LogP contribution in [0.4, 0.5) is 0 Å². The van der Waals surface area contributed by atoms with E-state index in [-0.39, 0.29) is 12.7 Å². The predicted octanol–water partition coefficient (Wildman–Crippen LogP) is 3.69. The van der Waals surface area contributed by atoms with Crippen LogP contribution in [0.25, 0.3) is 31.8 Å². The Kier molecular flexibility index (Phi) is 4.25. The van der Waals surface area contributed by atoms with Gasteiger partial charge in [0.25, 0.3) is 0 Å². The fourth-order valence-electron chi connectivity index (χ4n) is 3.43. The molecule has 8 heteroatoms. The Labute approximate surface area is 170 Å². The smallest absolute Gasteiger partial charge is 0.232 e. The first kappa shape index (κ1) is 18.1. The van der Waals surface area contributed by atoms with E-state index in [2.05, 4.69) is 16.9 Å². The highest BCUT2D eigenvalue weighted by molar-refractivity contribution is 7.22. The molecular formula is C21H18N3O4S. The Balaban J connectivity index is 1.75. The molecule has 1 radical (unpaired) electrons. The highest BCUT2D eigenvalue weighted by Crippen LogP contribution is 2.45. The molecule has 29 heavy (non-hydrogen) atoms. The highest BCUT2D eigenvalue weighted by atomic mass is 32.1. The van der Waals surface area contributed by atoms with Gasteiger partial charge in [0.2, 0.25) is 5.88 Å². The summed E-state index contributed by atoms with van der Waals surface area (Å²) in [5.74, 6) is 1.81. The molecule has 0 amide bonds. The van der Waals surface area contributed by atoms with Crippen molar-refractivity contribution in [3.8, 4) is 28.0 Å². The molecule has 147 valence electrons. The van der Waals surface area contributed by atoms with E-state index in [1.165, 1.54) is 11.3 Å². The van der Waals surface area contributed by atoms with Crippen LogP contribution in [0.2, 0.25) is 0 Å². The van der Waals surface area contributed by atoms with Gasteiger partial charge in [-0.1, -0.05) is 0 Å². The lowest BCUT2D eigenvalue weighted by Crippen LogP contribution is -2.26. The maximum atomic E-state index is 9.72. The van der Waals surface area contributed by atoms with E-state index in [1.54, 1.807) is 19.4 Å². The lowest BCUT2D eigenvalue weighted by atomic mass is 10.1. The quantitative estimate of drug-likeness (QED) is 0.553. The monoisotopic (exact) mass is 408 g/mol. The van der Waals surface area contributed by atoms with Crippen molar-refractivity contribution in [2.24, 2.45) is 0 Å². The molecule has 0 unspecified atom stereocenters. The molecule has 0 saturated heterocycles. The molecule has 1 atom stereocenters. The predicted molar refractivity (Wildman–Crippen MR) is 111 cm³/mol. The Hall–Kier alpha value is -2.97. The zero-order chi connectivity index (χ0) is 20.1. The van der Waals surface area contributed by atoms with Crippen LogP contribution in [-0.4, -0.2) is 39.9 Å². The number of ether oxygens (including phenoxy) is 3. The normalized spacial score (nSPS) is 15.8. The first-order chi connectivity index (χ1) is 14.1. The summed E-state index contributed by atoms with van der Waals surface area (Å²) in [5.41, 5.74) is 4.73. The molecule has 1 aliphatic rings. The maximum Gasteiger partial charge on any atom is 0.232 e. The van der Waals surface area contributed by atoms with Crippen molar-refractivity contribution in [2.75, 3.05) is 13.7 Å². The Morgan fingerprint density at radius 3 is 2.93 bits per heavy atom. The topological polar surface area (TPSA) is 86.6 Å². The number of aliphatic hydroxyl groups excluding tert-OH is 1. The number of aliphatic hydroxyl groups is 1. The number of thiazole rings is 1. The summed E-state index contributed by atoms with van der Waals surface area (Å²) in [6.07, 6.45) is 1.35. The fraction of sp³-hybridized carbons (Fsp3) is 0.238. The fourth-order valence-corrected chi connectivity index (χ4v) is 4.58. The van der Waals surface area contributed by atoms with Gasteiger partial charge < -0.3 is 19.3 Å². The van der Waals surface area contributed by atoms with Gasteiger partial charge in [0.1, 0.15) is 22.4 Å². The van der Waals surface area contributed by atoms with Crippen molar-refractivity contribution < 1.29 is 19.3 Å². The molecule has 0 aliphatic carbocycles. The molecule has 1 aliphatic heterocycles. The van der Waals surface area contributed by atoms with Gasteiger partial charge in [-0.25, -0.2) is 15.0 Å². The number of aromatic nitrogens is 3. The molecular weight excluding hydrogens is 390 g/mol. The van der Waals surface area contributed by atoms with Crippen LogP contribution in [0.1, 0.15) is 11.1 Å². The first-order valence-corrected chi connectivity index (χ1v) is 9.90. The third-order valence-corrected chi connectivity index (χ3v) is 5.88. The van der Waals surface area contributed by atoms with Crippen LogP contribution in [0.5, 0.6) is 17.4 Å². The number of hydrogen-bond acceptors (Lipinski definition) is 8. The lowest BCUT2D eigenvalue weighted by molar-refractivity contribution is 0.123. The average Bonchev–Trinajstić information content (AvgIpc) is 3.18. The van der Waals surface area contributed by atoms with E-state index in [4.69, 9.17) is 19.2 Å². The second-order valence-corrected chi connectivity index (χ2v) is 7.85. The van der Waals surface area contributed by atoms with Crippen molar-refractivity contribution in [2.45, 2.75) is 19.6 Å². The maximum absolute atomic E-state index is 9.72. The van der Waals surface area contributed by atoms with E-state index in [9.17, 15) is 5.11 Å². The Morgan fingerprint density at radius 1 is 1.28 bits per heavy atom. The lowest BCUT2D eigenvalue weighted by Gasteiger charge is -2.24. The van der Waals surface area contributed by atoms with Crippen LogP contribution in [0, 0.1) is 13.8 Å². The van der Waals surface area contributed by atoms with Crippen LogP contribution < -0.4 is 14.2 Å². The number of fused-ring (bicyclic) bond motifs is 4. The van der Waals surface area contributed by atoms with Gasteiger partial charge >= 0.3 is 0 Å². The number of hydrogen-bond donors (Lipinski definition) is 1. The van der Waals surface area contributed by atoms with Crippen LogP contribution in [-0.2, 0) is 6.61 Å². The standard InChI is InChI=1S/C21H18N3O4S/c1-10-4-15-19(27-9-11(2)28-15)20-17(10)24-21(29-20)13-5-12(8-25)6-14-18(13)22-7-16(23-14)26-3/h4-7,11,25H,2,8-9H2,1,3H3/t11-/m1/s1. The SMILES string of the molecule is [CH2][C@@H]1COc2c(cc(C)c3nc(-c4cc(CO)cc5nc(OC)cnc45)sc23)O1. The largest absolute Gasteiger partial charge is 0.484 e. The van der Waals surface area contributed by atoms with Gasteiger partial charge in [-0.05, 0) is 43.2 Å². The van der Waals surface area contributed by atoms with Crippen LogP contribution in [0.15, 0.2) is 24.4 Å². The van der Waals surface area contributed by atoms with Crippen LogP contribution >= 0.6 is 11.3 Å². The number of rotatable bonds is 3.